The lowest BCUT2D eigenvalue weighted by Crippen LogP contribution is -2.11. The fourth-order valence-electron chi connectivity index (χ4n) is 1.48. The summed E-state index contributed by atoms with van der Waals surface area (Å²) in [4.78, 5) is 23.0. The highest BCUT2D eigenvalue weighted by atomic mass is 32.1. The molecule has 3 aromatic rings. The lowest BCUT2D eigenvalue weighted by molar-refractivity contribution is 0.0996. The van der Waals surface area contributed by atoms with E-state index in [4.69, 9.17) is 11.5 Å². The number of primary amides is 1. The van der Waals surface area contributed by atoms with Crippen molar-refractivity contribution in [2.45, 2.75) is 0 Å². The number of carbonyl (C=O) groups is 1. The topological polar surface area (TPSA) is 126 Å². The van der Waals surface area contributed by atoms with Gasteiger partial charge in [-0.05, 0) is 0 Å². The monoisotopic (exact) mass is 261 g/mol. The van der Waals surface area contributed by atoms with Crippen molar-refractivity contribution in [3.63, 3.8) is 0 Å². The zero-order valence-electron chi connectivity index (χ0n) is 8.94. The second-order valence-electron chi connectivity index (χ2n) is 3.43. The maximum absolute atomic E-state index is 11.0. The molecule has 0 saturated carbocycles. The molecular weight excluding hydrogens is 254 g/mol. The van der Waals surface area contributed by atoms with Gasteiger partial charge in [0.05, 0.1) is 11.6 Å². The van der Waals surface area contributed by atoms with Gasteiger partial charge in [-0.1, -0.05) is 0 Å². The van der Waals surface area contributed by atoms with Crippen LogP contribution in [-0.4, -0.2) is 30.6 Å². The molecule has 90 valence electrons. The Kier molecular flexibility index (Phi) is 2.20. The van der Waals surface area contributed by atoms with Gasteiger partial charge in [-0.25, -0.2) is 15.0 Å². The van der Waals surface area contributed by atoms with Crippen LogP contribution in [0.4, 0.5) is 5.82 Å². The Hall–Kier alpha value is -2.55. The molecule has 18 heavy (non-hydrogen) atoms. The molecule has 0 atom stereocenters. The molecule has 0 aliphatic carbocycles. The Morgan fingerprint density at radius 2 is 2.22 bits per heavy atom. The number of carbonyl (C=O) groups excluding carboxylic acids is 1. The van der Waals surface area contributed by atoms with E-state index in [1.54, 1.807) is 11.6 Å². The SMILES string of the molecule is NC(=O)c1csc(-n2ncc3c(N)ncnc32)n1. The average molecular weight is 261 g/mol. The third-order valence-electron chi connectivity index (χ3n) is 2.32. The fourth-order valence-corrected chi connectivity index (χ4v) is 2.25. The summed E-state index contributed by atoms with van der Waals surface area (Å²) >= 11 is 1.24. The number of thiazole rings is 1. The molecule has 0 aliphatic heterocycles. The summed E-state index contributed by atoms with van der Waals surface area (Å²) in [5, 5.41) is 6.82. The largest absolute Gasteiger partial charge is 0.383 e. The van der Waals surface area contributed by atoms with Crippen LogP contribution in [0.5, 0.6) is 0 Å². The Bertz CT molecular complexity index is 746. The molecule has 9 heteroatoms. The van der Waals surface area contributed by atoms with Gasteiger partial charge in [0.25, 0.3) is 5.91 Å². The lowest BCUT2D eigenvalue weighted by Gasteiger charge is -1.97. The van der Waals surface area contributed by atoms with Gasteiger partial charge in [-0.15, -0.1) is 11.3 Å². The van der Waals surface area contributed by atoms with Crippen molar-refractivity contribution >= 4 is 34.1 Å². The molecule has 1 amide bonds. The fraction of sp³-hybridized carbons (Fsp3) is 0. The van der Waals surface area contributed by atoms with E-state index >= 15 is 0 Å². The molecule has 0 spiro atoms. The standard InChI is InChI=1S/C9H7N7OS/c10-6-4-1-14-16(8(4)13-3-12-6)9-15-5(2-18-9)7(11)17/h1-3H,(H2,11,17)(H2,10,12,13). The molecular formula is C9H7N7OS. The predicted molar refractivity (Wildman–Crippen MR) is 65.3 cm³/mol. The van der Waals surface area contributed by atoms with E-state index in [1.807, 2.05) is 0 Å². The molecule has 3 rings (SSSR count). The van der Waals surface area contributed by atoms with Gasteiger partial charge >= 0.3 is 0 Å². The minimum atomic E-state index is -0.580. The number of rotatable bonds is 2. The summed E-state index contributed by atoms with van der Waals surface area (Å²) < 4.78 is 1.49. The zero-order chi connectivity index (χ0) is 12.7. The number of hydrogen-bond acceptors (Lipinski definition) is 7. The van der Waals surface area contributed by atoms with E-state index in [0.717, 1.165) is 0 Å². The van der Waals surface area contributed by atoms with Gasteiger partial charge in [0.15, 0.2) is 5.65 Å². The van der Waals surface area contributed by atoms with E-state index in [2.05, 4.69) is 20.1 Å². The summed E-state index contributed by atoms with van der Waals surface area (Å²) in [5.74, 6) is -0.235. The summed E-state index contributed by atoms with van der Waals surface area (Å²) in [6.07, 6.45) is 2.90. The number of fused-ring (bicyclic) bond motifs is 1. The van der Waals surface area contributed by atoms with Crippen molar-refractivity contribution in [3.05, 3.63) is 23.6 Å². The Morgan fingerprint density at radius 1 is 1.39 bits per heavy atom. The van der Waals surface area contributed by atoms with E-state index in [9.17, 15) is 4.79 Å². The van der Waals surface area contributed by atoms with Crippen LogP contribution in [0.2, 0.25) is 0 Å². The first-order chi connectivity index (χ1) is 8.66. The summed E-state index contributed by atoms with van der Waals surface area (Å²) in [6.45, 7) is 0. The number of anilines is 1. The minimum Gasteiger partial charge on any atom is -0.383 e. The van der Waals surface area contributed by atoms with Crippen LogP contribution in [0.15, 0.2) is 17.9 Å². The van der Waals surface area contributed by atoms with Crippen LogP contribution >= 0.6 is 11.3 Å². The second-order valence-corrected chi connectivity index (χ2v) is 4.27. The van der Waals surface area contributed by atoms with Gasteiger partial charge < -0.3 is 11.5 Å². The third-order valence-corrected chi connectivity index (χ3v) is 3.14. The average Bonchev–Trinajstić information content (AvgIpc) is 2.94. The smallest absolute Gasteiger partial charge is 0.268 e. The Balaban J connectivity index is 2.19. The second kappa shape index (κ2) is 3.74. The quantitative estimate of drug-likeness (QED) is 0.666. The van der Waals surface area contributed by atoms with Crippen LogP contribution in [0.25, 0.3) is 16.2 Å². The Morgan fingerprint density at radius 3 is 2.94 bits per heavy atom. The first-order valence-corrected chi connectivity index (χ1v) is 5.74. The maximum Gasteiger partial charge on any atom is 0.268 e. The molecule has 0 bridgehead atoms. The van der Waals surface area contributed by atoms with Crippen molar-refractivity contribution in [2.24, 2.45) is 5.73 Å². The van der Waals surface area contributed by atoms with Crippen molar-refractivity contribution in [1.29, 1.82) is 0 Å². The lowest BCUT2D eigenvalue weighted by atomic mass is 10.4. The van der Waals surface area contributed by atoms with Crippen molar-refractivity contribution < 1.29 is 4.79 Å². The van der Waals surface area contributed by atoms with Gasteiger partial charge in [-0.2, -0.15) is 9.78 Å². The molecule has 0 fully saturated rings. The number of nitrogens with zero attached hydrogens (tertiary/aromatic N) is 5. The van der Waals surface area contributed by atoms with Gasteiger partial charge in [0, 0.05) is 5.38 Å². The molecule has 0 unspecified atom stereocenters. The zero-order valence-corrected chi connectivity index (χ0v) is 9.76. The maximum atomic E-state index is 11.0. The number of amides is 1. The third kappa shape index (κ3) is 1.49. The first-order valence-electron chi connectivity index (χ1n) is 4.86. The van der Waals surface area contributed by atoms with Crippen molar-refractivity contribution in [3.8, 4) is 5.13 Å². The van der Waals surface area contributed by atoms with Gasteiger partial charge in [0.2, 0.25) is 5.13 Å². The first kappa shape index (κ1) is 10.6. The molecule has 0 saturated heterocycles. The Labute approximate surface area is 104 Å². The van der Waals surface area contributed by atoms with E-state index in [-0.39, 0.29) is 5.69 Å². The molecule has 8 nitrogen and oxygen atoms in total. The van der Waals surface area contributed by atoms with Gasteiger partial charge in [-0.3, -0.25) is 4.79 Å². The van der Waals surface area contributed by atoms with Crippen LogP contribution in [0, 0.1) is 0 Å². The summed E-state index contributed by atoms with van der Waals surface area (Å²) in [7, 11) is 0. The number of nitrogen functional groups attached to an aromatic ring is 1. The molecule has 3 heterocycles. The molecule has 0 aliphatic rings. The van der Waals surface area contributed by atoms with E-state index in [0.29, 0.717) is 22.0 Å². The molecule has 4 N–H and O–H groups in total. The van der Waals surface area contributed by atoms with E-state index in [1.165, 1.54) is 22.3 Å². The minimum absolute atomic E-state index is 0.195. The molecule has 0 aromatic carbocycles. The highest BCUT2D eigenvalue weighted by Gasteiger charge is 2.13. The van der Waals surface area contributed by atoms with Crippen LogP contribution in [0.3, 0.4) is 0 Å². The summed E-state index contributed by atoms with van der Waals surface area (Å²) in [5.41, 5.74) is 11.6. The number of hydrogen-bond donors (Lipinski definition) is 2. The van der Waals surface area contributed by atoms with Crippen LogP contribution in [-0.2, 0) is 0 Å². The normalized spacial score (nSPS) is 10.9. The van der Waals surface area contributed by atoms with E-state index < -0.39 is 5.91 Å². The predicted octanol–water partition coefficient (Wildman–Crippen LogP) is -0.0469. The number of aromatic nitrogens is 5. The highest BCUT2D eigenvalue weighted by Crippen LogP contribution is 2.21. The van der Waals surface area contributed by atoms with Crippen molar-refractivity contribution in [2.75, 3.05) is 5.73 Å². The van der Waals surface area contributed by atoms with Crippen molar-refractivity contribution in [1.82, 2.24) is 24.7 Å². The van der Waals surface area contributed by atoms with Crippen LogP contribution in [0.1, 0.15) is 10.5 Å². The summed E-state index contributed by atoms with van der Waals surface area (Å²) in [6, 6.07) is 0. The number of nitrogens with two attached hydrogens (primary N) is 2. The molecule has 0 radical (unpaired) electrons. The van der Waals surface area contributed by atoms with Crippen LogP contribution < -0.4 is 11.5 Å². The van der Waals surface area contributed by atoms with Gasteiger partial charge in [0.1, 0.15) is 17.8 Å². The highest BCUT2D eigenvalue weighted by molar-refractivity contribution is 7.12. The molecule has 3 aromatic heterocycles.